The number of carbonyl (C=O) groups is 1. The van der Waals surface area contributed by atoms with Gasteiger partial charge in [0.25, 0.3) is 0 Å². The number of hydrogen-bond donors (Lipinski definition) is 0. The zero-order valence-corrected chi connectivity index (χ0v) is 14.3. The molecule has 0 N–H and O–H groups in total. The Bertz CT molecular complexity index is 491. The molecular formula is C16H22F6O3. The molecule has 0 spiro atoms. The van der Waals surface area contributed by atoms with Crippen molar-refractivity contribution in [3.8, 4) is 0 Å². The minimum Gasteiger partial charge on any atom is -0.429 e. The van der Waals surface area contributed by atoms with E-state index in [9.17, 15) is 31.1 Å². The second-order valence-corrected chi connectivity index (χ2v) is 8.03. The molecular weight excluding hydrogens is 354 g/mol. The molecule has 3 unspecified atom stereocenters. The van der Waals surface area contributed by atoms with Gasteiger partial charge in [0, 0.05) is 6.42 Å². The highest BCUT2D eigenvalue weighted by Gasteiger charge is 2.75. The summed E-state index contributed by atoms with van der Waals surface area (Å²) in [7, 11) is 0. The summed E-state index contributed by atoms with van der Waals surface area (Å²) in [6, 6.07) is 0. The predicted octanol–water partition coefficient (Wildman–Crippen LogP) is 5.63. The maximum absolute atomic E-state index is 13.5. The molecule has 2 fully saturated rings. The zero-order valence-electron chi connectivity index (χ0n) is 14.3. The molecule has 0 saturated heterocycles. The predicted molar refractivity (Wildman–Crippen MR) is 75.7 cm³/mol. The Labute approximate surface area is 142 Å². The van der Waals surface area contributed by atoms with Crippen LogP contribution in [0, 0.1) is 17.8 Å². The molecule has 2 rings (SSSR count). The molecule has 0 aliphatic heterocycles. The van der Waals surface area contributed by atoms with Gasteiger partial charge in [-0.15, -0.1) is 0 Å². The topological polar surface area (TPSA) is 35.5 Å². The van der Waals surface area contributed by atoms with E-state index in [1.54, 1.807) is 0 Å². The van der Waals surface area contributed by atoms with Gasteiger partial charge in [-0.1, -0.05) is 6.42 Å². The van der Waals surface area contributed by atoms with Gasteiger partial charge in [-0.2, -0.15) is 26.3 Å². The van der Waals surface area contributed by atoms with Crippen LogP contribution in [0.15, 0.2) is 0 Å². The van der Waals surface area contributed by atoms with Crippen LogP contribution in [-0.2, 0) is 9.47 Å². The van der Waals surface area contributed by atoms with Gasteiger partial charge in [0.15, 0.2) is 0 Å². The minimum atomic E-state index is -5.79. The monoisotopic (exact) mass is 376 g/mol. The number of carbonyl (C=O) groups excluding carboxylic acids is 1. The van der Waals surface area contributed by atoms with Crippen LogP contribution in [0.4, 0.5) is 31.1 Å². The lowest BCUT2D eigenvalue weighted by Crippen LogP contribution is -2.61. The van der Waals surface area contributed by atoms with Gasteiger partial charge in [0.05, 0.1) is 0 Å². The second kappa shape index (κ2) is 6.23. The van der Waals surface area contributed by atoms with Crippen molar-refractivity contribution in [1.29, 1.82) is 0 Å². The SMILES string of the molecule is CC(C)(C)OC(=O)OC(CC1CC2CCC1C2)(C(F)(F)F)C(F)(F)F. The minimum absolute atomic E-state index is 0.163. The number of alkyl halides is 6. The molecule has 146 valence electrons. The van der Waals surface area contributed by atoms with Gasteiger partial charge < -0.3 is 9.47 Å². The fourth-order valence-corrected chi connectivity index (χ4v) is 3.96. The van der Waals surface area contributed by atoms with Crippen molar-refractivity contribution in [2.24, 2.45) is 17.8 Å². The molecule has 2 aliphatic rings. The average molecular weight is 376 g/mol. The maximum atomic E-state index is 13.5. The second-order valence-electron chi connectivity index (χ2n) is 8.03. The summed E-state index contributed by atoms with van der Waals surface area (Å²) in [5.74, 6) is -0.795. The van der Waals surface area contributed by atoms with E-state index in [4.69, 9.17) is 0 Å². The van der Waals surface area contributed by atoms with Crippen molar-refractivity contribution in [2.75, 3.05) is 0 Å². The lowest BCUT2D eigenvalue weighted by molar-refractivity contribution is -0.374. The zero-order chi connectivity index (χ0) is 19.3. The number of rotatable bonds is 3. The number of hydrogen-bond acceptors (Lipinski definition) is 3. The van der Waals surface area contributed by atoms with Crippen LogP contribution < -0.4 is 0 Å². The molecule has 2 saturated carbocycles. The third-order valence-corrected chi connectivity index (χ3v) is 5.00. The van der Waals surface area contributed by atoms with Gasteiger partial charge in [0.2, 0.25) is 0 Å². The quantitative estimate of drug-likeness (QED) is 0.473. The fourth-order valence-electron chi connectivity index (χ4n) is 3.96. The number of fused-ring (bicyclic) bond motifs is 2. The molecule has 25 heavy (non-hydrogen) atoms. The first-order chi connectivity index (χ1) is 11.1. The molecule has 0 aromatic rings. The summed E-state index contributed by atoms with van der Waals surface area (Å²) in [6.07, 6.45) is -12.5. The smallest absolute Gasteiger partial charge is 0.429 e. The molecule has 9 heteroatoms. The Morgan fingerprint density at radius 3 is 1.84 bits per heavy atom. The summed E-state index contributed by atoms with van der Waals surface area (Å²) in [6.45, 7) is 3.98. The molecule has 3 atom stereocenters. The molecule has 0 heterocycles. The van der Waals surface area contributed by atoms with E-state index in [2.05, 4.69) is 9.47 Å². The Kier molecular flexibility index (Phi) is 5.02. The summed E-state index contributed by atoms with van der Waals surface area (Å²) in [5, 5.41) is 0. The normalized spacial score (nSPS) is 27.5. The van der Waals surface area contributed by atoms with Crippen LogP contribution >= 0.6 is 0 Å². The van der Waals surface area contributed by atoms with Crippen LogP contribution in [0.5, 0.6) is 0 Å². The fraction of sp³-hybridized carbons (Fsp3) is 0.938. The highest BCUT2D eigenvalue weighted by Crippen LogP contribution is 2.56. The van der Waals surface area contributed by atoms with Crippen molar-refractivity contribution < 1.29 is 40.6 Å². The number of ether oxygens (including phenoxy) is 2. The largest absolute Gasteiger partial charge is 0.510 e. The summed E-state index contributed by atoms with van der Waals surface area (Å²) >= 11 is 0. The van der Waals surface area contributed by atoms with Gasteiger partial charge in [-0.3, -0.25) is 0 Å². The van der Waals surface area contributed by atoms with Crippen LogP contribution in [0.3, 0.4) is 0 Å². The lowest BCUT2D eigenvalue weighted by Gasteiger charge is -2.39. The van der Waals surface area contributed by atoms with Gasteiger partial charge >= 0.3 is 24.1 Å². The van der Waals surface area contributed by atoms with Crippen LogP contribution in [0.2, 0.25) is 0 Å². The molecule has 3 nitrogen and oxygen atoms in total. The van der Waals surface area contributed by atoms with Crippen molar-refractivity contribution >= 4 is 6.16 Å². The Hall–Kier alpha value is -1.15. The summed E-state index contributed by atoms with van der Waals surface area (Å²) in [4.78, 5) is 11.7. The molecule has 2 aliphatic carbocycles. The van der Waals surface area contributed by atoms with Gasteiger partial charge in [-0.05, 0) is 57.8 Å². The van der Waals surface area contributed by atoms with Crippen molar-refractivity contribution in [3.63, 3.8) is 0 Å². The average Bonchev–Trinajstić information content (AvgIpc) is 2.94. The highest BCUT2D eigenvalue weighted by molar-refractivity contribution is 5.61. The van der Waals surface area contributed by atoms with Crippen LogP contribution in [-0.4, -0.2) is 29.7 Å². The van der Waals surface area contributed by atoms with Gasteiger partial charge in [-0.25, -0.2) is 4.79 Å². The van der Waals surface area contributed by atoms with Crippen molar-refractivity contribution in [2.45, 2.75) is 76.4 Å². The molecule has 2 bridgehead atoms. The van der Waals surface area contributed by atoms with E-state index < -0.39 is 42.0 Å². The summed E-state index contributed by atoms with van der Waals surface area (Å²) in [5.41, 5.74) is -5.82. The van der Waals surface area contributed by atoms with E-state index in [1.165, 1.54) is 20.8 Å². The first-order valence-corrected chi connectivity index (χ1v) is 8.20. The molecule has 0 aromatic heterocycles. The van der Waals surface area contributed by atoms with E-state index in [1.807, 2.05) is 0 Å². The molecule has 0 aromatic carbocycles. The first-order valence-electron chi connectivity index (χ1n) is 8.20. The van der Waals surface area contributed by atoms with Gasteiger partial charge in [0.1, 0.15) is 5.60 Å². The highest BCUT2D eigenvalue weighted by atomic mass is 19.4. The third-order valence-electron chi connectivity index (χ3n) is 5.00. The molecule has 0 radical (unpaired) electrons. The Balaban J connectivity index is 2.30. The van der Waals surface area contributed by atoms with E-state index >= 15 is 0 Å². The van der Waals surface area contributed by atoms with Crippen LogP contribution in [0.1, 0.15) is 52.9 Å². The van der Waals surface area contributed by atoms with E-state index in [0.29, 0.717) is 19.3 Å². The number of halogens is 6. The first kappa shape index (κ1) is 20.2. The van der Waals surface area contributed by atoms with E-state index in [0.717, 1.165) is 6.42 Å². The van der Waals surface area contributed by atoms with E-state index in [-0.39, 0.29) is 11.8 Å². The lowest BCUT2D eigenvalue weighted by atomic mass is 9.79. The van der Waals surface area contributed by atoms with Crippen molar-refractivity contribution in [1.82, 2.24) is 0 Å². The standard InChI is InChI=1S/C16H22F6O3/c1-13(2,3)24-12(23)25-14(15(17,18)19,16(20,21)22)8-11-7-9-4-5-10(11)6-9/h9-11H,4-8H2,1-3H3. The van der Waals surface area contributed by atoms with Crippen LogP contribution in [0.25, 0.3) is 0 Å². The maximum Gasteiger partial charge on any atom is 0.510 e. The molecule has 0 amide bonds. The Morgan fingerprint density at radius 2 is 1.48 bits per heavy atom. The third kappa shape index (κ3) is 4.16. The van der Waals surface area contributed by atoms with Crippen molar-refractivity contribution in [3.05, 3.63) is 0 Å². The Morgan fingerprint density at radius 1 is 0.920 bits per heavy atom. The summed E-state index contributed by atoms with van der Waals surface area (Å²) < 4.78 is 89.6.